The maximum atomic E-state index is 14.2. The Morgan fingerprint density at radius 3 is 2.46 bits per heavy atom. The molecule has 2 aliphatic carbocycles. The number of carboxylic acid groups (broad SMARTS) is 1. The number of nitrogens with one attached hydrogen (secondary N) is 1. The first-order valence-corrected chi connectivity index (χ1v) is 17.3. The van der Waals surface area contributed by atoms with Crippen LogP contribution in [-0.4, -0.2) is 68.4 Å². The molecule has 11 nitrogen and oxygen atoms in total. The molecule has 3 heterocycles. The van der Waals surface area contributed by atoms with E-state index in [1.54, 1.807) is 6.07 Å². The first-order chi connectivity index (χ1) is 23.4. The van der Waals surface area contributed by atoms with Gasteiger partial charge in [0.15, 0.2) is 0 Å². The predicted octanol–water partition coefficient (Wildman–Crippen LogP) is 5.30. The smallest absolute Gasteiger partial charge is 0.408 e. The van der Waals surface area contributed by atoms with Crippen molar-refractivity contribution in [3.05, 3.63) is 71.0 Å². The molecule has 1 saturated heterocycles. The van der Waals surface area contributed by atoms with Gasteiger partial charge in [-0.2, -0.15) is 4.98 Å². The van der Waals surface area contributed by atoms with Crippen LogP contribution < -0.4 is 15.6 Å². The van der Waals surface area contributed by atoms with Gasteiger partial charge in [0.1, 0.15) is 24.3 Å². The second-order valence-corrected chi connectivity index (χ2v) is 13.6. The summed E-state index contributed by atoms with van der Waals surface area (Å²) in [5, 5.41) is 13.5. The van der Waals surface area contributed by atoms with Crippen LogP contribution in [0, 0.1) is 11.8 Å². The number of nitrogens with zero attached hydrogens (tertiary/aromatic N) is 3. The molecule has 2 amide bonds. The Morgan fingerprint density at radius 2 is 1.67 bits per heavy atom. The number of hydrogen-bond donors (Lipinski definition) is 2. The van der Waals surface area contributed by atoms with E-state index in [1.807, 2.05) is 54.6 Å². The highest BCUT2D eigenvalue weighted by atomic mass is 16.6. The van der Waals surface area contributed by atoms with E-state index in [1.165, 1.54) is 9.47 Å². The fourth-order valence-corrected chi connectivity index (χ4v) is 8.02. The third-order valence-corrected chi connectivity index (χ3v) is 10.5. The SMILES string of the molecule is O=C1N[C@@H](C2CCCC2)C(=O)N2C[C@@H](C[C@H]2C(=O)O)Oc2nc3cc(-c4ccccc4)ccc3c(=O)n2CC=CCC[C@@H]2CCC[C@H]2O1. The van der Waals surface area contributed by atoms with Crippen LogP contribution in [0.15, 0.2) is 65.5 Å². The number of aliphatic carboxylic acids is 1. The first kappa shape index (κ1) is 31.9. The van der Waals surface area contributed by atoms with E-state index in [0.29, 0.717) is 10.9 Å². The summed E-state index contributed by atoms with van der Waals surface area (Å²) in [5.74, 6) is -1.51. The highest BCUT2D eigenvalue weighted by molar-refractivity contribution is 5.90. The van der Waals surface area contributed by atoms with E-state index < -0.39 is 36.2 Å². The molecule has 2 N–H and O–H groups in total. The van der Waals surface area contributed by atoms with Crippen molar-refractivity contribution in [3.8, 4) is 17.1 Å². The molecule has 3 fully saturated rings. The van der Waals surface area contributed by atoms with Crippen molar-refractivity contribution in [2.75, 3.05) is 6.54 Å². The number of carbonyl (C=O) groups excluding carboxylic acids is 2. The largest absolute Gasteiger partial charge is 0.480 e. The Morgan fingerprint density at radius 1 is 0.875 bits per heavy atom. The van der Waals surface area contributed by atoms with Gasteiger partial charge in [-0.25, -0.2) is 9.59 Å². The minimum absolute atomic E-state index is 0.0143. The predicted molar refractivity (Wildman–Crippen MR) is 178 cm³/mol. The number of rotatable bonds is 3. The molecule has 0 spiro atoms. The van der Waals surface area contributed by atoms with Crippen molar-refractivity contribution in [2.45, 2.75) is 95.0 Å². The third kappa shape index (κ3) is 6.55. The van der Waals surface area contributed by atoms with Crippen LogP contribution in [-0.2, 0) is 20.9 Å². The molecule has 5 atom stereocenters. The van der Waals surface area contributed by atoms with Crippen molar-refractivity contribution < 1.29 is 29.0 Å². The fourth-order valence-electron chi connectivity index (χ4n) is 8.02. The van der Waals surface area contributed by atoms with Crippen molar-refractivity contribution in [1.82, 2.24) is 19.8 Å². The van der Waals surface area contributed by atoms with E-state index in [4.69, 9.17) is 14.5 Å². The van der Waals surface area contributed by atoms with Crippen LogP contribution in [0.25, 0.3) is 22.0 Å². The Balaban J connectivity index is 1.26. The van der Waals surface area contributed by atoms with Gasteiger partial charge in [0, 0.05) is 13.0 Å². The molecule has 3 aromatic rings. The van der Waals surface area contributed by atoms with E-state index in [0.717, 1.165) is 68.9 Å². The number of hydrogen-bond acceptors (Lipinski definition) is 7. The lowest BCUT2D eigenvalue weighted by molar-refractivity contribution is -0.149. The third-order valence-electron chi connectivity index (χ3n) is 10.5. The molecule has 48 heavy (non-hydrogen) atoms. The monoisotopic (exact) mass is 654 g/mol. The summed E-state index contributed by atoms with van der Waals surface area (Å²) in [6.07, 6.45) is 10.0. The maximum absolute atomic E-state index is 14.2. The number of aromatic nitrogens is 2. The van der Waals surface area contributed by atoms with Crippen LogP contribution in [0.1, 0.15) is 64.2 Å². The number of carbonyl (C=O) groups is 3. The van der Waals surface area contributed by atoms with Gasteiger partial charge in [-0.1, -0.05) is 61.4 Å². The number of alkyl carbamates (subject to hydrolysis) is 1. The summed E-state index contributed by atoms with van der Waals surface area (Å²) < 4.78 is 13.8. The van der Waals surface area contributed by atoms with Crippen LogP contribution in [0.4, 0.5) is 4.79 Å². The maximum Gasteiger partial charge on any atom is 0.408 e. The van der Waals surface area contributed by atoms with Gasteiger partial charge in [-0.05, 0) is 80.0 Å². The average Bonchev–Trinajstić information content (AvgIpc) is 3.86. The highest BCUT2D eigenvalue weighted by Gasteiger charge is 2.46. The molecule has 2 aliphatic heterocycles. The van der Waals surface area contributed by atoms with Gasteiger partial charge in [0.25, 0.3) is 11.6 Å². The molecule has 252 valence electrons. The Bertz CT molecular complexity index is 1770. The number of amides is 2. The molecule has 11 heteroatoms. The van der Waals surface area contributed by atoms with Crippen LogP contribution >= 0.6 is 0 Å². The lowest BCUT2D eigenvalue weighted by Crippen LogP contribution is -2.55. The van der Waals surface area contributed by atoms with E-state index in [-0.39, 0.29) is 49.0 Å². The van der Waals surface area contributed by atoms with Gasteiger partial charge >= 0.3 is 12.1 Å². The highest BCUT2D eigenvalue weighted by Crippen LogP contribution is 2.34. The minimum atomic E-state index is -1.16. The van der Waals surface area contributed by atoms with Crippen molar-refractivity contribution in [2.24, 2.45) is 11.8 Å². The molecular weight excluding hydrogens is 612 g/mol. The van der Waals surface area contributed by atoms with Crippen molar-refractivity contribution in [3.63, 3.8) is 0 Å². The first-order valence-electron chi connectivity index (χ1n) is 17.3. The van der Waals surface area contributed by atoms with Crippen LogP contribution in [0.5, 0.6) is 6.01 Å². The lowest BCUT2D eigenvalue weighted by Gasteiger charge is -2.31. The molecule has 2 saturated carbocycles. The summed E-state index contributed by atoms with van der Waals surface area (Å²) in [6.45, 7) is 0.195. The Hall–Kier alpha value is -4.67. The summed E-state index contributed by atoms with van der Waals surface area (Å²) in [7, 11) is 0. The zero-order valence-electron chi connectivity index (χ0n) is 27.0. The normalized spacial score (nSPS) is 27.0. The van der Waals surface area contributed by atoms with E-state index in [2.05, 4.69) is 5.32 Å². The molecule has 7 rings (SSSR count). The van der Waals surface area contributed by atoms with Gasteiger partial charge in [0.2, 0.25) is 5.91 Å². The Kier molecular flexibility index (Phi) is 9.19. The van der Waals surface area contributed by atoms with Crippen molar-refractivity contribution >= 4 is 28.9 Å². The van der Waals surface area contributed by atoms with Gasteiger partial charge in [0.05, 0.1) is 17.4 Å². The fraction of sp³-hybridized carbons (Fsp3) is 0.486. The summed E-state index contributed by atoms with van der Waals surface area (Å²) in [4.78, 5) is 60.0. The van der Waals surface area contributed by atoms with Gasteiger partial charge in [-0.15, -0.1) is 0 Å². The topological polar surface area (TPSA) is 140 Å². The summed E-state index contributed by atoms with van der Waals surface area (Å²) in [6, 6.07) is 13.4. The Labute approximate surface area is 278 Å². The lowest BCUT2D eigenvalue weighted by atomic mass is 9.96. The second kappa shape index (κ2) is 13.8. The minimum Gasteiger partial charge on any atom is -0.480 e. The number of fused-ring (bicyclic) bond motifs is 5. The summed E-state index contributed by atoms with van der Waals surface area (Å²) in [5.41, 5.74) is 2.09. The number of carboxylic acids is 1. The molecule has 0 radical (unpaired) electrons. The second-order valence-electron chi connectivity index (χ2n) is 13.6. The molecule has 0 unspecified atom stereocenters. The number of allylic oxidation sites excluding steroid dienone is 2. The molecule has 1 aromatic heterocycles. The average molecular weight is 655 g/mol. The number of ether oxygens (including phenoxy) is 2. The van der Waals surface area contributed by atoms with E-state index >= 15 is 0 Å². The van der Waals surface area contributed by atoms with Gasteiger partial charge < -0.3 is 24.8 Å². The van der Waals surface area contributed by atoms with Gasteiger partial charge in [-0.3, -0.25) is 14.2 Å². The molecule has 4 aliphatic rings. The van der Waals surface area contributed by atoms with Crippen LogP contribution in [0.3, 0.4) is 0 Å². The quantitative estimate of drug-likeness (QED) is 0.363. The van der Waals surface area contributed by atoms with E-state index in [9.17, 15) is 24.3 Å². The molecular formula is C37H42N4O7. The van der Waals surface area contributed by atoms with Crippen LogP contribution in [0.2, 0.25) is 0 Å². The summed E-state index contributed by atoms with van der Waals surface area (Å²) >= 11 is 0. The molecule has 2 aromatic carbocycles. The zero-order valence-corrected chi connectivity index (χ0v) is 27.0. The zero-order chi connectivity index (χ0) is 33.2. The number of benzene rings is 2. The standard InChI is InChI=1S/C37H42N4O7/c42-33-28-18-17-26(23-10-3-1-4-11-23)20-29(28)38-36-40(33)19-8-2-5-12-24-15-9-16-31(24)48-37(46)39-32(25-13-6-7-14-25)34(43)41-22-27(47-36)21-30(41)35(44)45/h1-4,8,10-11,17-18,20,24-25,27,30-32H,5-7,9,12-16,19,21-22H2,(H,39,46)(H,44,45)/t24-,27-,30+,31-,32+/m1/s1. The van der Waals surface area contributed by atoms with Crippen molar-refractivity contribution in [1.29, 1.82) is 0 Å². The molecule has 2 bridgehead atoms.